The molecule has 1 aromatic rings. The van der Waals surface area contributed by atoms with Gasteiger partial charge in [0.1, 0.15) is 5.02 Å². The number of nitrogens with zero attached hydrogens (tertiary/aromatic N) is 2. The third kappa shape index (κ3) is 4.56. The molecule has 1 aromatic carbocycles. The minimum Gasteiger partial charge on any atom is -0.377 e. The van der Waals surface area contributed by atoms with E-state index in [1.54, 1.807) is 11.0 Å². The van der Waals surface area contributed by atoms with Crippen molar-refractivity contribution in [3.05, 3.63) is 33.3 Å². The van der Waals surface area contributed by atoms with E-state index in [1.807, 2.05) is 0 Å². The number of halogens is 1. The number of amides is 2. The molecule has 1 aliphatic rings. The number of ether oxygens (including phenoxy) is 1. The fourth-order valence-electron chi connectivity index (χ4n) is 2.59. The normalized spacial score (nSPS) is 18.1. The van der Waals surface area contributed by atoms with Gasteiger partial charge in [-0.25, -0.2) is 4.79 Å². The SMILES string of the molecule is CC(C)CC1COCCN1C(=O)Nc1ccc(Cl)c([N+](=O)[O-])c1. The lowest BCUT2D eigenvalue weighted by Crippen LogP contribution is -2.50. The molecule has 1 heterocycles. The van der Waals surface area contributed by atoms with E-state index in [1.165, 1.54) is 12.1 Å². The van der Waals surface area contributed by atoms with Gasteiger partial charge in [0, 0.05) is 18.3 Å². The number of hydrogen-bond donors (Lipinski definition) is 1. The molecule has 8 heteroatoms. The van der Waals surface area contributed by atoms with Crippen LogP contribution in [0.25, 0.3) is 0 Å². The summed E-state index contributed by atoms with van der Waals surface area (Å²) in [6.45, 7) is 5.68. The van der Waals surface area contributed by atoms with Gasteiger partial charge in [-0.3, -0.25) is 10.1 Å². The number of nitrogens with one attached hydrogen (secondary N) is 1. The maximum Gasteiger partial charge on any atom is 0.322 e. The molecule has 1 aliphatic heterocycles. The van der Waals surface area contributed by atoms with Crippen LogP contribution < -0.4 is 5.32 Å². The summed E-state index contributed by atoms with van der Waals surface area (Å²) in [5.74, 6) is 0.439. The lowest BCUT2D eigenvalue weighted by molar-refractivity contribution is -0.384. The number of carbonyl (C=O) groups excluding carboxylic acids is 1. The predicted molar refractivity (Wildman–Crippen MR) is 87.9 cm³/mol. The molecule has 126 valence electrons. The second-order valence-corrected chi connectivity index (χ2v) is 6.31. The molecule has 1 atom stereocenters. The van der Waals surface area contributed by atoms with Crippen molar-refractivity contribution in [2.45, 2.75) is 26.3 Å². The van der Waals surface area contributed by atoms with Crippen LogP contribution in [0.5, 0.6) is 0 Å². The van der Waals surface area contributed by atoms with Crippen molar-refractivity contribution in [1.29, 1.82) is 0 Å². The van der Waals surface area contributed by atoms with Crippen LogP contribution in [0.3, 0.4) is 0 Å². The van der Waals surface area contributed by atoms with Crippen LogP contribution in [0.4, 0.5) is 16.2 Å². The fraction of sp³-hybridized carbons (Fsp3) is 0.533. The third-order valence-corrected chi connectivity index (χ3v) is 3.95. The smallest absolute Gasteiger partial charge is 0.322 e. The first-order valence-electron chi connectivity index (χ1n) is 7.47. The van der Waals surface area contributed by atoms with Crippen molar-refractivity contribution in [1.82, 2.24) is 4.90 Å². The highest BCUT2D eigenvalue weighted by Gasteiger charge is 2.28. The minimum atomic E-state index is -0.575. The number of rotatable bonds is 4. The molecule has 0 aromatic heterocycles. The van der Waals surface area contributed by atoms with Crippen LogP contribution in [0.15, 0.2) is 18.2 Å². The summed E-state index contributed by atoms with van der Waals surface area (Å²) in [4.78, 5) is 24.5. The molecule has 0 radical (unpaired) electrons. The molecule has 0 aliphatic carbocycles. The molecule has 1 unspecified atom stereocenters. The molecule has 23 heavy (non-hydrogen) atoms. The van der Waals surface area contributed by atoms with Gasteiger partial charge < -0.3 is 15.0 Å². The zero-order valence-corrected chi connectivity index (χ0v) is 13.9. The van der Waals surface area contributed by atoms with Gasteiger partial charge in [0.2, 0.25) is 0 Å². The van der Waals surface area contributed by atoms with E-state index in [4.69, 9.17) is 16.3 Å². The molecular formula is C15H20ClN3O4. The fourth-order valence-corrected chi connectivity index (χ4v) is 2.77. The van der Waals surface area contributed by atoms with E-state index in [9.17, 15) is 14.9 Å². The molecule has 2 amide bonds. The molecule has 0 bridgehead atoms. The molecule has 7 nitrogen and oxygen atoms in total. The Bertz CT molecular complexity index is 594. The Hall–Kier alpha value is -1.86. The Balaban J connectivity index is 2.11. The van der Waals surface area contributed by atoms with Crippen LogP contribution in [0, 0.1) is 16.0 Å². The predicted octanol–water partition coefficient (Wildman–Crippen LogP) is 3.53. The van der Waals surface area contributed by atoms with Crippen molar-refractivity contribution >= 4 is 29.0 Å². The largest absolute Gasteiger partial charge is 0.377 e. The Morgan fingerprint density at radius 1 is 1.57 bits per heavy atom. The molecular weight excluding hydrogens is 322 g/mol. The Labute approximate surface area is 139 Å². The average molecular weight is 342 g/mol. The number of hydrogen-bond acceptors (Lipinski definition) is 4. The topological polar surface area (TPSA) is 84.7 Å². The molecule has 1 saturated heterocycles. The van der Waals surface area contributed by atoms with E-state index in [-0.39, 0.29) is 22.8 Å². The van der Waals surface area contributed by atoms with Gasteiger partial charge in [0.25, 0.3) is 5.69 Å². The summed E-state index contributed by atoms with van der Waals surface area (Å²) < 4.78 is 5.45. The molecule has 0 spiro atoms. The summed E-state index contributed by atoms with van der Waals surface area (Å²) in [6.07, 6.45) is 0.841. The highest BCUT2D eigenvalue weighted by atomic mass is 35.5. The Morgan fingerprint density at radius 2 is 2.30 bits per heavy atom. The van der Waals surface area contributed by atoms with Crippen molar-refractivity contribution < 1.29 is 14.5 Å². The van der Waals surface area contributed by atoms with Gasteiger partial charge in [0.05, 0.1) is 24.2 Å². The number of anilines is 1. The van der Waals surface area contributed by atoms with Gasteiger partial charge in [-0.15, -0.1) is 0 Å². The lowest BCUT2D eigenvalue weighted by Gasteiger charge is -2.36. The lowest BCUT2D eigenvalue weighted by atomic mass is 10.0. The number of benzene rings is 1. The average Bonchev–Trinajstić information content (AvgIpc) is 2.48. The van der Waals surface area contributed by atoms with E-state index in [0.717, 1.165) is 6.42 Å². The van der Waals surface area contributed by atoms with Gasteiger partial charge >= 0.3 is 6.03 Å². The molecule has 1 fully saturated rings. The summed E-state index contributed by atoms with van der Waals surface area (Å²) in [7, 11) is 0. The second-order valence-electron chi connectivity index (χ2n) is 5.91. The van der Waals surface area contributed by atoms with E-state index in [0.29, 0.717) is 31.4 Å². The Morgan fingerprint density at radius 3 is 2.96 bits per heavy atom. The zero-order valence-electron chi connectivity index (χ0n) is 13.1. The van der Waals surface area contributed by atoms with Crippen LogP contribution >= 0.6 is 11.6 Å². The van der Waals surface area contributed by atoms with Crippen LogP contribution in [-0.2, 0) is 4.74 Å². The maximum atomic E-state index is 12.5. The monoisotopic (exact) mass is 341 g/mol. The summed E-state index contributed by atoms with van der Waals surface area (Å²) in [5, 5.41) is 13.7. The first kappa shape index (κ1) is 17.5. The summed E-state index contributed by atoms with van der Waals surface area (Å²) in [6, 6.07) is 3.94. The Kier molecular flexibility index (Phi) is 5.79. The highest BCUT2D eigenvalue weighted by Crippen LogP contribution is 2.27. The maximum absolute atomic E-state index is 12.5. The number of carbonyl (C=O) groups is 1. The van der Waals surface area contributed by atoms with Crippen molar-refractivity contribution in [2.75, 3.05) is 25.1 Å². The third-order valence-electron chi connectivity index (χ3n) is 3.63. The number of nitro benzene ring substituents is 1. The van der Waals surface area contributed by atoms with Gasteiger partial charge in [0.15, 0.2) is 0 Å². The zero-order chi connectivity index (χ0) is 17.0. The van der Waals surface area contributed by atoms with Crippen molar-refractivity contribution in [3.8, 4) is 0 Å². The number of urea groups is 1. The number of morpholine rings is 1. The van der Waals surface area contributed by atoms with Crippen LogP contribution in [0.1, 0.15) is 20.3 Å². The van der Waals surface area contributed by atoms with Gasteiger partial charge in [-0.2, -0.15) is 0 Å². The van der Waals surface area contributed by atoms with Crippen molar-refractivity contribution in [2.24, 2.45) is 5.92 Å². The second kappa shape index (κ2) is 7.61. The van der Waals surface area contributed by atoms with E-state index < -0.39 is 4.92 Å². The standard InChI is InChI=1S/C15H20ClN3O4/c1-10(2)7-12-9-23-6-5-18(12)15(20)17-11-3-4-13(16)14(8-11)19(21)22/h3-4,8,10,12H,5-7,9H2,1-2H3,(H,17,20). The van der Waals surface area contributed by atoms with Crippen molar-refractivity contribution in [3.63, 3.8) is 0 Å². The van der Waals surface area contributed by atoms with Gasteiger partial charge in [-0.1, -0.05) is 25.4 Å². The highest BCUT2D eigenvalue weighted by molar-refractivity contribution is 6.32. The minimum absolute atomic E-state index is 0.00559. The van der Waals surface area contributed by atoms with Crippen LogP contribution in [0.2, 0.25) is 5.02 Å². The quantitative estimate of drug-likeness (QED) is 0.670. The molecule has 1 N–H and O–H groups in total. The first-order chi connectivity index (χ1) is 10.9. The summed E-state index contributed by atoms with van der Waals surface area (Å²) >= 11 is 5.78. The number of nitro groups is 1. The summed E-state index contributed by atoms with van der Waals surface area (Å²) in [5.41, 5.74) is 0.117. The van der Waals surface area contributed by atoms with Crippen LogP contribution in [-0.4, -0.2) is 41.7 Å². The molecule has 2 rings (SSSR count). The first-order valence-corrected chi connectivity index (χ1v) is 7.85. The van der Waals surface area contributed by atoms with Gasteiger partial charge in [-0.05, 0) is 24.5 Å². The van der Waals surface area contributed by atoms with E-state index >= 15 is 0 Å². The van der Waals surface area contributed by atoms with E-state index in [2.05, 4.69) is 19.2 Å². The molecule has 0 saturated carbocycles.